The highest BCUT2D eigenvalue weighted by atomic mass is 16.2. The lowest BCUT2D eigenvalue weighted by Gasteiger charge is -2.32. The molecule has 0 atom stereocenters. The van der Waals surface area contributed by atoms with Crippen LogP contribution in [0.1, 0.15) is 29.9 Å². The molecular weight excluding hydrogens is 284 g/mol. The molecule has 120 valence electrons. The SMILES string of the molecule is O=C(NCCc1ccccc1)N1CCC(c2ccccc2)CC1. The van der Waals surface area contributed by atoms with Crippen LogP contribution in [0.2, 0.25) is 0 Å². The van der Waals surface area contributed by atoms with Gasteiger partial charge in [0.05, 0.1) is 0 Å². The van der Waals surface area contributed by atoms with Crippen molar-refractivity contribution in [1.82, 2.24) is 10.2 Å². The summed E-state index contributed by atoms with van der Waals surface area (Å²) in [6, 6.07) is 21.0. The number of carbonyl (C=O) groups is 1. The summed E-state index contributed by atoms with van der Waals surface area (Å²) < 4.78 is 0. The number of hydrogen-bond donors (Lipinski definition) is 1. The number of urea groups is 1. The Morgan fingerprint density at radius 2 is 1.57 bits per heavy atom. The monoisotopic (exact) mass is 308 g/mol. The van der Waals surface area contributed by atoms with Gasteiger partial charge in [0.25, 0.3) is 0 Å². The summed E-state index contributed by atoms with van der Waals surface area (Å²) >= 11 is 0. The number of nitrogens with zero attached hydrogens (tertiary/aromatic N) is 1. The summed E-state index contributed by atoms with van der Waals surface area (Å²) in [6.07, 6.45) is 2.99. The lowest BCUT2D eigenvalue weighted by atomic mass is 9.90. The molecule has 0 saturated carbocycles. The van der Waals surface area contributed by atoms with Crippen molar-refractivity contribution in [1.29, 1.82) is 0 Å². The fourth-order valence-electron chi connectivity index (χ4n) is 3.21. The van der Waals surface area contributed by atoms with Gasteiger partial charge in [-0.25, -0.2) is 4.79 Å². The molecular formula is C20H24N2O. The molecule has 2 amide bonds. The average Bonchev–Trinajstić information content (AvgIpc) is 2.63. The number of rotatable bonds is 4. The van der Waals surface area contributed by atoms with Crippen LogP contribution in [0.5, 0.6) is 0 Å². The molecule has 1 fully saturated rings. The zero-order valence-corrected chi connectivity index (χ0v) is 13.4. The van der Waals surface area contributed by atoms with E-state index in [-0.39, 0.29) is 6.03 Å². The normalized spacial score (nSPS) is 15.4. The molecule has 0 spiro atoms. The highest BCUT2D eigenvalue weighted by Crippen LogP contribution is 2.27. The van der Waals surface area contributed by atoms with E-state index in [9.17, 15) is 4.79 Å². The van der Waals surface area contributed by atoms with E-state index in [2.05, 4.69) is 47.8 Å². The number of benzene rings is 2. The topological polar surface area (TPSA) is 32.3 Å². The average molecular weight is 308 g/mol. The number of carbonyl (C=O) groups excluding carboxylic acids is 1. The van der Waals surface area contributed by atoms with Gasteiger partial charge >= 0.3 is 6.03 Å². The van der Waals surface area contributed by atoms with Gasteiger partial charge in [-0.1, -0.05) is 60.7 Å². The van der Waals surface area contributed by atoms with E-state index in [0.29, 0.717) is 12.5 Å². The second kappa shape index (κ2) is 7.82. The lowest BCUT2D eigenvalue weighted by molar-refractivity contribution is 0.181. The van der Waals surface area contributed by atoms with Crippen LogP contribution >= 0.6 is 0 Å². The van der Waals surface area contributed by atoms with E-state index in [0.717, 1.165) is 32.4 Å². The summed E-state index contributed by atoms with van der Waals surface area (Å²) in [4.78, 5) is 14.2. The highest BCUT2D eigenvalue weighted by molar-refractivity contribution is 5.74. The number of likely N-dealkylation sites (tertiary alicyclic amines) is 1. The number of nitrogens with one attached hydrogen (secondary N) is 1. The minimum Gasteiger partial charge on any atom is -0.338 e. The third-order valence-electron chi connectivity index (χ3n) is 4.59. The molecule has 2 aromatic rings. The van der Waals surface area contributed by atoms with Crippen LogP contribution in [-0.4, -0.2) is 30.6 Å². The Bertz CT molecular complexity index is 604. The van der Waals surface area contributed by atoms with Crippen LogP contribution in [0, 0.1) is 0 Å². The van der Waals surface area contributed by atoms with Crippen molar-refractivity contribution in [3.63, 3.8) is 0 Å². The van der Waals surface area contributed by atoms with E-state index in [1.54, 1.807) is 0 Å². The second-order valence-electron chi connectivity index (χ2n) is 6.14. The Labute approximate surface area is 138 Å². The summed E-state index contributed by atoms with van der Waals surface area (Å²) in [5, 5.41) is 3.04. The first kappa shape index (κ1) is 15.6. The first-order valence-corrected chi connectivity index (χ1v) is 8.44. The summed E-state index contributed by atoms with van der Waals surface area (Å²) in [6.45, 7) is 2.38. The van der Waals surface area contributed by atoms with Gasteiger partial charge in [0.15, 0.2) is 0 Å². The smallest absolute Gasteiger partial charge is 0.317 e. The van der Waals surface area contributed by atoms with Gasteiger partial charge in [0, 0.05) is 19.6 Å². The maximum atomic E-state index is 12.2. The van der Waals surface area contributed by atoms with E-state index in [1.807, 2.05) is 23.1 Å². The van der Waals surface area contributed by atoms with Gasteiger partial charge in [-0.3, -0.25) is 0 Å². The van der Waals surface area contributed by atoms with E-state index < -0.39 is 0 Å². The number of hydrogen-bond acceptors (Lipinski definition) is 1. The van der Waals surface area contributed by atoms with Crippen LogP contribution in [-0.2, 0) is 6.42 Å². The third-order valence-corrected chi connectivity index (χ3v) is 4.59. The van der Waals surface area contributed by atoms with Gasteiger partial charge < -0.3 is 10.2 Å². The zero-order valence-electron chi connectivity index (χ0n) is 13.4. The largest absolute Gasteiger partial charge is 0.338 e. The summed E-state index contributed by atoms with van der Waals surface area (Å²) in [5.41, 5.74) is 2.66. The van der Waals surface area contributed by atoms with Gasteiger partial charge in [-0.2, -0.15) is 0 Å². The van der Waals surface area contributed by atoms with Crippen LogP contribution in [0.4, 0.5) is 4.79 Å². The molecule has 3 nitrogen and oxygen atoms in total. The standard InChI is InChI=1S/C20H24N2O/c23-20(21-14-11-17-7-3-1-4-8-17)22-15-12-19(13-16-22)18-9-5-2-6-10-18/h1-10,19H,11-16H2,(H,21,23). The first-order chi connectivity index (χ1) is 11.3. The highest BCUT2D eigenvalue weighted by Gasteiger charge is 2.23. The zero-order chi connectivity index (χ0) is 15.9. The Hall–Kier alpha value is -2.29. The predicted octanol–water partition coefficient (Wildman–Crippen LogP) is 3.82. The van der Waals surface area contributed by atoms with Gasteiger partial charge in [0.1, 0.15) is 0 Å². The van der Waals surface area contributed by atoms with Crippen molar-refractivity contribution in [2.75, 3.05) is 19.6 Å². The molecule has 23 heavy (non-hydrogen) atoms. The maximum absolute atomic E-state index is 12.2. The molecule has 1 saturated heterocycles. The van der Waals surface area contributed by atoms with Crippen molar-refractivity contribution in [2.24, 2.45) is 0 Å². The van der Waals surface area contributed by atoms with Crippen molar-refractivity contribution in [3.05, 3.63) is 71.8 Å². The number of amides is 2. The van der Waals surface area contributed by atoms with Gasteiger partial charge in [0.2, 0.25) is 0 Å². The minimum absolute atomic E-state index is 0.0763. The van der Waals surface area contributed by atoms with Crippen LogP contribution < -0.4 is 5.32 Å². The maximum Gasteiger partial charge on any atom is 0.317 e. The second-order valence-corrected chi connectivity index (χ2v) is 6.14. The molecule has 1 N–H and O–H groups in total. The molecule has 1 heterocycles. The van der Waals surface area contributed by atoms with E-state index >= 15 is 0 Å². The van der Waals surface area contributed by atoms with E-state index in [1.165, 1.54) is 11.1 Å². The van der Waals surface area contributed by atoms with Crippen molar-refractivity contribution < 1.29 is 4.79 Å². The third kappa shape index (κ3) is 4.35. The Balaban J connectivity index is 1.41. The molecule has 0 radical (unpaired) electrons. The molecule has 2 aromatic carbocycles. The Kier molecular flexibility index (Phi) is 5.30. The Morgan fingerprint density at radius 1 is 0.957 bits per heavy atom. The van der Waals surface area contributed by atoms with Crippen LogP contribution in [0.3, 0.4) is 0 Å². The summed E-state index contributed by atoms with van der Waals surface area (Å²) in [5.74, 6) is 0.588. The van der Waals surface area contributed by atoms with Gasteiger partial charge in [-0.05, 0) is 36.3 Å². The van der Waals surface area contributed by atoms with Crippen molar-refractivity contribution in [3.8, 4) is 0 Å². The van der Waals surface area contributed by atoms with Gasteiger partial charge in [-0.15, -0.1) is 0 Å². The van der Waals surface area contributed by atoms with Crippen molar-refractivity contribution >= 4 is 6.03 Å². The fraction of sp³-hybridized carbons (Fsp3) is 0.350. The Morgan fingerprint density at radius 3 is 2.22 bits per heavy atom. The molecule has 0 aromatic heterocycles. The molecule has 0 unspecified atom stereocenters. The van der Waals surface area contributed by atoms with Crippen molar-refractivity contribution in [2.45, 2.75) is 25.2 Å². The van der Waals surface area contributed by atoms with Crippen LogP contribution in [0.25, 0.3) is 0 Å². The van der Waals surface area contributed by atoms with E-state index in [4.69, 9.17) is 0 Å². The molecule has 0 aliphatic carbocycles. The molecule has 1 aliphatic rings. The first-order valence-electron chi connectivity index (χ1n) is 8.44. The number of piperidine rings is 1. The lowest BCUT2D eigenvalue weighted by Crippen LogP contribution is -2.44. The predicted molar refractivity (Wildman–Crippen MR) is 93.5 cm³/mol. The molecule has 0 bridgehead atoms. The minimum atomic E-state index is 0.0763. The quantitative estimate of drug-likeness (QED) is 0.915. The molecule has 3 heteroatoms. The summed E-state index contributed by atoms with van der Waals surface area (Å²) in [7, 11) is 0. The van der Waals surface area contributed by atoms with Crippen LogP contribution in [0.15, 0.2) is 60.7 Å². The fourth-order valence-corrected chi connectivity index (χ4v) is 3.21. The molecule has 3 rings (SSSR count). The molecule has 1 aliphatic heterocycles.